The van der Waals surface area contributed by atoms with Crippen LogP contribution in [0.4, 0.5) is 5.13 Å². The summed E-state index contributed by atoms with van der Waals surface area (Å²) in [5.41, 5.74) is 5.68. The molecule has 8 heteroatoms. The van der Waals surface area contributed by atoms with Gasteiger partial charge in [-0.05, 0) is 24.3 Å². The lowest BCUT2D eigenvalue weighted by molar-refractivity contribution is 0.113. The first-order valence-corrected chi connectivity index (χ1v) is 8.92. The lowest BCUT2D eigenvalue weighted by Gasteiger charge is -2.34. The third kappa shape index (κ3) is 5.79. The molecule has 0 saturated carbocycles. The van der Waals surface area contributed by atoms with E-state index in [9.17, 15) is 0 Å². The second-order valence-corrected chi connectivity index (χ2v) is 7.17. The molecule has 1 saturated heterocycles. The topological polar surface area (TPSA) is 54.6 Å². The predicted octanol–water partition coefficient (Wildman–Crippen LogP) is 3.00. The maximum Gasteiger partial charge on any atom is 0.180 e. The number of halogens is 2. The van der Waals surface area contributed by atoms with Crippen molar-refractivity contribution < 1.29 is 4.74 Å². The molecule has 1 aromatic heterocycles. The summed E-state index contributed by atoms with van der Waals surface area (Å²) in [7, 11) is 0. The summed E-state index contributed by atoms with van der Waals surface area (Å²) < 4.78 is 5.75. The number of nitrogen functional groups attached to an aromatic ring is 1. The molecule has 1 aliphatic rings. The van der Waals surface area contributed by atoms with Crippen molar-refractivity contribution in [3.8, 4) is 5.75 Å². The summed E-state index contributed by atoms with van der Waals surface area (Å²) in [5.74, 6) is 0.871. The first-order valence-electron chi connectivity index (χ1n) is 7.72. The predicted molar refractivity (Wildman–Crippen MR) is 102 cm³/mol. The number of ether oxygens (including phenoxy) is 1. The highest BCUT2D eigenvalue weighted by Gasteiger charge is 2.17. The molecule has 0 aliphatic carbocycles. The maximum atomic E-state index is 5.86. The van der Waals surface area contributed by atoms with E-state index in [-0.39, 0.29) is 12.4 Å². The highest BCUT2D eigenvalue weighted by molar-refractivity contribution is 7.15. The van der Waals surface area contributed by atoms with E-state index in [2.05, 4.69) is 14.8 Å². The molecule has 0 atom stereocenters. The second kappa shape index (κ2) is 9.44. The smallest absolute Gasteiger partial charge is 0.180 e. The van der Waals surface area contributed by atoms with Crippen molar-refractivity contribution in [1.82, 2.24) is 14.8 Å². The van der Waals surface area contributed by atoms with Gasteiger partial charge in [-0.3, -0.25) is 9.80 Å². The van der Waals surface area contributed by atoms with Crippen LogP contribution in [0.25, 0.3) is 0 Å². The first-order chi connectivity index (χ1) is 11.2. The van der Waals surface area contributed by atoms with Gasteiger partial charge in [0.1, 0.15) is 12.4 Å². The van der Waals surface area contributed by atoms with E-state index in [4.69, 9.17) is 22.1 Å². The minimum Gasteiger partial charge on any atom is -0.492 e. The number of nitrogens with zero attached hydrogens (tertiary/aromatic N) is 3. The Morgan fingerprint density at radius 3 is 2.42 bits per heavy atom. The average Bonchev–Trinajstić information content (AvgIpc) is 2.96. The lowest BCUT2D eigenvalue weighted by Crippen LogP contribution is -2.46. The number of hydrogen-bond donors (Lipinski definition) is 1. The molecule has 1 aromatic carbocycles. The molecule has 1 fully saturated rings. The lowest BCUT2D eigenvalue weighted by atomic mass is 10.3. The molecule has 0 spiro atoms. The molecule has 0 amide bonds. The van der Waals surface area contributed by atoms with E-state index in [1.165, 1.54) is 4.88 Å². The molecule has 0 unspecified atom stereocenters. The van der Waals surface area contributed by atoms with E-state index in [1.54, 1.807) is 11.3 Å². The summed E-state index contributed by atoms with van der Waals surface area (Å²) in [6.07, 6.45) is 1.88. The van der Waals surface area contributed by atoms with Crippen LogP contribution < -0.4 is 10.5 Å². The van der Waals surface area contributed by atoms with Crippen LogP contribution in [-0.4, -0.2) is 54.1 Å². The van der Waals surface area contributed by atoms with Crippen LogP contribution in [0.15, 0.2) is 30.5 Å². The Bertz CT molecular complexity index is 615. The number of hydrogen-bond acceptors (Lipinski definition) is 6. The van der Waals surface area contributed by atoms with E-state index in [0.717, 1.165) is 50.0 Å². The largest absolute Gasteiger partial charge is 0.492 e. The van der Waals surface area contributed by atoms with Gasteiger partial charge in [0.25, 0.3) is 0 Å². The zero-order valence-electron chi connectivity index (χ0n) is 13.4. The highest BCUT2D eigenvalue weighted by atomic mass is 35.5. The maximum absolute atomic E-state index is 5.86. The minimum absolute atomic E-state index is 0. The normalized spacial score (nSPS) is 15.9. The third-order valence-corrected chi connectivity index (χ3v) is 4.97. The molecule has 3 rings (SSSR count). The SMILES string of the molecule is Cl.Nc1ncc(CN2CCN(CCOc3ccc(Cl)cc3)CC2)s1. The molecule has 132 valence electrons. The van der Waals surface area contributed by atoms with Gasteiger partial charge in [-0.15, -0.1) is 23.7 Å². The fraction of sp³-hybridized carbons (Fsp3) is 0.438. The standard InChI is InChI=1S/C16H21ClN4OS.ClH/c17-13-1-3-14(4-2-13)22-10-9-20-5-7-21(8-6-20)12-15-11-19-16(18)23-15;/h1-4,11H,5-10,12H2,(H2,18,19);1H. The van der Waals surface area contributed by atoms with Crippen molar-refractivity contribution in [2.24, 2.45) is 0 Å². The van der Waals surface area contributed by atoms with Gasteiger partial charge in [-0.25, -0.2) is 4.98 Å². The molecule has 5 nitrogen and oxygen atoms in total. The van der Waals surface area contributed by atoms with Crippen molar-refractivity contribution >= 4 is 40.5 Å². The Morgan fingerprint density at radius 2 is 1.79 bits per heavy atom. The van der Waals surface area contributed by atoms with Crippen molar-refractivity contribution in [1.29, 1.82) is 0 Å². The fourth-order valence-electron chi connectivity index (χ4n) is 2.61. The van der Waals surface area contributed by atoms with Crippen molar-refractivity contribution in [3.05, 3.63) is 40.4 Å². The van der Waals surface area contributed by atoms with Crippen molar-refractivity contribution in [2.45, 2.75) is 6.54 Å². The molecule has 24 heavy (non-hydrogen) atoms. The van der Waals surface area contributed by atoms with E-state index < -0.39 is 0 Å². The van der Waals surface area contributed by atoms with Crippen LogP contribution in [0, 0.1) is 0 Å². The van der Waals surface area contributed by atoms with Gasteiger partial charge in [-0.2, -0.15) is 0 Å². The summed E-state index contributed by atoms with van der Waals surface area (Å²) in [6.45, 7) is 6.87. The highest BCUT2D eigenvalue weighted by Crippen LogP contribution is 2.18. The Hall–Kier alpha value is -1.05. The molecule has 0 bridgehead atoms. The monoisotopic (exact) mass is 388 g/mol. The summed E-state index contributed by atoms with van der Waals surface area (Å²) in [4.78, 5) is 10.2. The van der Waals surface area contributed by atoms with Gasteiger partial charge in [-0.1, -0.05) is 11.6 Å². The van der Waals surface area contributed by atoms with Gasteiger partial charge < -0.3 is 10.5 Å². The van der Waals surface area contributed by atoms with Gasteiger partial charge in [0.05, 0.1) is 0 Å². The van der Waals surface area contributed by atoms with Crippen LogP contribution in [0.2, 0.25) is 5.02 Å². The molecule has 0 radical (unpaired) electrons. The Morgan fingerprint density at radius 1 is 1.12 bits per heavy atom. The zero-order chi connectivity index (χ0) is 16.1. The molecular formula is C16H22Cl2N4OS. The Labute approximate surface area is 157 Å². The number of benzene rings is 1. The van der Waals surface area contributed by atoms with Gasteiger partial charge >= 0.3 is 0 Å². The van der Waals surface area contributed by atoms with Crippen LogP contribution in [0.1, 0.15) is 4.88 Å². The van der Waals surface area contributed by atoms with Crippen LogP contribution in [0.5, 0.6) is 5.75 Å². The zero-order valence-corrected chi connectivity index (χ0v) is 15.7. The number of thiazole rings is 1. The number of aromatic nitrogens is 1. The quantitative estimate of drug-likeness (QED) is 0.823. The molecule has 2 aromatic rings. The van der Waals surface area contributed by atoms with Crippen LogP contribution >= 0.6 is 35.3 Å². The average molecular weight is 389 g/mol. The van der Waals surface area contributed by atoms with Crippen molar-refractivity contribution in [3.63, 3.8) is 0 Å². The minimum atomic E-state index is 0. The summed E-state index contributed by atoms with van der Waals surface area (Å²) in [6, 6.07) is 7.51. The van der Waals surface area contributed by atoms with Crippen molar-refractivity contribution in [2.75, 3.05) is 45.1 Å². The van der Waals surface area contributed by atoms with Crippen LogP contribution in [0.3, 0.4) is 0 Å². The van der Waals surface area contributed by atoms with Gasteiger partial charge in [0.2, 0.25) is 0 Å². The fourth-order valence-corrected chi connectivity index (χ4v) is 3.46. The Balaban J connectivity index is 0.00000208. The number of rotatable bonds is 6. The molecule has 1 aliphatic heterocycles. The summed E-state index contributed by atoms with van der Waals surface area (Å²) >= 11 is 7.44. The third-order valence-electron chi connectivity index (χ3n) is 3.91. The number of anilines is 1. The molecular weight excluding hydrogens is 367 g/mol. The first kappa shape index (κ1) is 19.3. The molecule has 2 heterocycles. The van der Waals surface area contributed by atoms with E-state index in [1.807, 2.05) is 30.5 Å². The summed E-state index contributed by atoms with van der Waals surface area (Å²) in [5, 5.41) is 1.38. The van der Waals surface area contributed by atoms with Crippen LogP contribution in [-0.2, 0) is 6.54 Å². The number of nitrogens with two attached hydrogens (primary N) is 1. The molecule has 2 N–H and O–H groups in total. The van der Waals surface area contributed by atoms with E-state index >= 15 is 0 Å². The van der Waals surface area contributed by atoms with E-state index in [0.29, 0.717) is 11.7 Å². The number of piperazine rings is 1. The van der Waals surface area contributed by atoms with Gasteiger partial charge in [0.15, 0.2) is 5.13 Å². The second-order valence-electron chi connectivity index (χ2n) is 5.58. The van der Waals surface area contributed by atoms with Gasteiger partial charge in [0, 0.05) is 55.4 Å². The Kier molecular flexibility index (Phi) is 7.58.